The number of nitrogens with one attached hydrogen (secondary N) is 1. The van der Waals surface area contributed by atoms with Crippen molar-refractivity contribution in [2.75, 3.05) is 0 Å². The van der Waals surface area contributed by atoms with Crippen LogP contribution in [0.5, 0.6) is 0 Å². The minimum Gasteiger partial charge on any atom is -0.303 e. The molecular formula is C22H24N2. The van der Waals surface area contributed by atoms with Crippen LogP contribution in [-0.4, -0.2) is 11.0 Å². The molecule has 24 heavy (non-hydrogen) atoms. The maximum atomic E-state index is 4.10. The van der Waals surface area contributed by atoms with Crippen LogP contribution >= 0.6 is 0 Å². The number of hydrogen-bond donors (Lipinski definition) is 1. The molecule has 0 fully saturated rings. The van der Waals surface area contributed by atoms with Gasteiger partial charge in [-0.1, -0.05) is 60.2 Å². The summed E-state index contributed by atoms with van der Waals surface area (Å²) in [5, 5.41) is 3.80. The number of pyridine rings is 1. The van der Waals surface area contributed by atoms with Crippen LogP contribution in [0.15, 0.2) is 79.1 Å². The Hall–Kier alpha value is -2.45. The molecule has 1 aromatic heterocycles. The van der Waals surface area contributed by atoms with Crippen molar-refractivity contribution in [3.05, 3.63) is 101 Å². The molecule has 0 amide bonds. The Morgan fingerprint density at radius 1 is 0.833 bits per heavy atom. The third-order valence-corrected chi connectivity index (χ3v) is 4.29. The van der Waals surface area contributed by atoms with Crippen molar-refractivity contribution in [1.29, 1.82) is 0 Å². The molecule has 0 bridgehead atoms. The van der Waals surface area contributed by atoms with E-state index in [1.165, 1.54) is 22.3 Å². The first-order valence-corrected chi connectivity index (χ1v) is 8.49. The highest BCUT2D eigenvalue weighted by Gasteiger charge is 2.16. The van der Waals surface area contributed by atoms with Crippen LogP contribution in [-0.2, 0) is 6.42 Å². The van der Waals surface area contributed by atoms with Crippen molar-refractivity contribution in [1.82, 2.24) is 10.3 Å². The van der Waals surface area contributed by atoms with E-state index in [-0.39, 0.29) is 6.04 Å². The number of hydrogen-bond acceptors (Lipinski definition) is 2. The normalized spacial score (nSPS) is 13.4. The third kappa shape index (κ3) is 4.30. The average Bonchev–Trinajstić information content (AvgIpc) is 2.62. The van der Waals surface area contributed by atoms with Gasteiger partial charge in [-0.25, -0.2) is 0 Å². The molecule has 0 aliphatic heterocycles. The van der Waals surface area contributed by atoms with E-state index in [0.29, 0.717) is 6.04 Å². The van der Waals surface area contributed by atoms with E-state index < -0.39 is 0 Å². The summed E-state index contributed by atoms with van der Waals surface area (Å²) in [4.78, 5) is 4.10. The molecule has 122 valence electrons. The SMILES string of the molecule is Cc1ccc(C(NC(C)Cc2ccncc2)c2ccccc2)cc1. The molecule has 0 spiro atoms. The Morgan fingerprint density at radius 3 is 2.12 bits per heavy atom. The third-order valence-electron chi connectivity index (χ3n) is 4.29. The maximum Gasteiger partial charge on any atom is 0.0578 e. The van der Waals surface area contributed by atoms with Gasteiger partial charge in [0.2, 0.25) is 0 Å². The number of aromatic nitrogens is 1. The second kappa shape index (κ2) is 7.89. The van der Waals surface area contributed by atoms with Gasteiger partial charge in [-0.2, -0.15) is 0 Å². The molecule has 0 radical (unpaired) electrons. The minimum atomic E-state index is 0.198. The second-order valence-electron chi connectivity index (χ2n) is 6.38. The lowest BCUT2D eigenvalue weighted by molar-refractivity contribution is 0.496. The molecule has 1 N–H and O–H groups in total. The van der Waals surface area contributed by atoms with Crippen LogP contribution in [0.25, 0.3) is 0 Å². The van der Waals surface area contributed by atoms with E-state index in [1.807, 2.05) is 12.4 Å². The van der Waals surface area contributed by atoms with Gasteiger partial charge >= 0.3 is 0 Å². The molecule has 2 aromatic carbocycles. The molecule has 3 rings (SSSR count). The Kier molecular flexibility index (Phi) is 5.39. The Morgan fingerprint density at radius 2 is 1.46 bits per heavy atom. The zero-order valence-electron chi connectivity index (χ0n) is 14.3. The van der Waals surface area contributed by atoms with Crippen LogP contribution < -0.4 is 5.32 Å². The average molecular weight is 316 g/mol. The van der Waals surface area contributed by atoms with Crippen molar-refractivity contribution < 1.29 is 0 Å². The van der Waals surface area contributed by atoms with Crippen molar-refractivity contribution in [3.8, 4) is 0 Å². The zero-order valence-corrected chi connectivity index (χ0v) is 14.3. The molecule has 0 aliphatic carbocycles. The van der Waals surface area contributed by atoms with Gasteiger partial charge in [0.1, 0.15) is 0 Å². The largest absolute Gasteiger partial charge is 0.303 e. The van der Waals surface area contributed by atoms with E-state index in [9.17, 15) is 0 Å². The summed E-state index contributed by atoms with van der Waals surface area (Å²) in [6.45, 7) is 4.37. The molecular weight excluding hydrogens is 292 g/mol. The predicted molar refractivity (Wildman–Crippen MR) is 100 cm³/mol. The number of nitrogens with zero attached hydrogens (tertiary/aromatic N) is 1. The summed E-state index contributed by atoms with van der Waals surface area (Å²) < 4.78 is 0. The molecule has 2 heteroatoms. The summed E-state index contributed by atoms with van der Waals surface area (Å²) in [5.41, 5.74) is 5.19. The lowest BCUT2D eigenvalue weighted by Crippen LogP contribution is -2.32. The summed E-state index contributed by atoms with van der Waals surface area (Å²) in [6.07, 6.45) is 4.70. The van der Waals surface area contributed by atoms with Crippen molar-refractivity contribution >= 4 is 0 Å². The first-order chi connectivity index (χ1) is 11.7. The molecule has 3 aromatic rings. The molecule has 2 atom stereocenters. The van der Waals surface area contributed by atoms with Crippen LogP contribution in [0, 0.1) is 6.92 Å². The van der Waals surface area contributed by atoms with E-state index in [0.717, 1.165) is 6.42 Å². The van der Waals surface area contributed by atoms with E-state index in [2.05, 4.69) is 90.9 Å². The van der Waals surface area contributed by atoms with Gasteiger partial charge in [0.15, 0.2) is 0 Å². The fourth-order valence-electron chi connectivity index (χ4n) is 3.01. The standard InChI is InChI=1S/C22H24N2/c1-17-8-10-21(11-9-17)22(20-6-4-3-5-7-20)24-18(2)16-19-12-14-23-15-13-19/h3-15,18,22,24H,16H2,1-2H3. The highest BCUT2D eigenvalue weighted by molar-refractivity contribution is 5.33. The van der Waals surface area contributed by atoms with Gasteiger partial charge in [-0.05, 0) is 49.1 Å². The first kappa shape index (κ1) is 16.4. The van der Waals surface area contributed by atoms with E-state index in [4.69, 9.17) is 0 Å². The van der Waals surface area contributed by atoms with Gasteiger partial charge in [0.25, 0.3) is 0 Å². The molecule has 0 aliphatic rings. The number of rotatable bonds is 6. The van der Waals surface area contributed by atoms with Gasteiger partial charge < -0.3 is 5.32 Å². The van der Waals surface area contributed by atoms with Gasteiger partial charge in [0.05, 0.1) is 6.04 Å². The van der Waals surface area contributed by atoms with Crippen LogP contribution in [0.4, 0.5) is 0 Å². The monoisotopic (exact) mass is 316 g/mol. The van der Waals surface area contributed by atoms with Gasteiger partial charge in [-0.15, -0.1) is 0 Å². The first-order valence-electron chi connectivity index (χ1n) is 8.49. The fraction of sp³-hybridized carbons (Fsp3) is 0.227. The Bertz CT molecular complexity index is 736. The molecule has 0 saturated heterocycles. The number of aryl methyl sites for hydroxylation is 1. The lowest BCUT2D eigenvalue weighted by Gasteiger charge is -2.24. The summed E-state index contributed by atoms with van der Waals surface area (Å²) in [6, 6.07) is 24.2. The van der Waals surface area contributed by atoms with Crippen molar-refractivity contribution in [2.24, 2.45) is 0 Å². The van der Waals surface area contributed by atoms with Gasteiger partial charge in [0, 0.05) is 18.4 Å². The van der Waals surface area contributed by atoms with E-state index >= 15 is 0 Å². The smallest absolute Gasteiger partial charge is 0.0578 e. The molecule has 2 nitrogen and oxygen atoms in total. The Labute approximate surface area is 144 Å². The Balaban J connectivity index is 1.81. The van der Waals surface area contributed by atoms with Crippen molar-refractivity contribution in [3.63, 3.8) is 0 Å². The van der Waals surface area contributed by atoms with E-state index in [1.54, 1.807) is 0 Å². The summed E-state index contributed by atoms with van der Waals surface area (Å²) >= 11 is 0. The summed E-state index contributed by atoms with van der Waals surface area (Å²) in [5.74, 6) is 0. The minimum absolute atomic E-state index is 0.198. The highest BCUT2D eigenvalue weighted by Crippen LogP contribution is 2.23. The molecule has 0 saturated carbocycles. The van der Waals surface area contributed by atoms with Crippen LogP contribution in [0.3, 0.4) is 0 Å². The quantitative estimate of drug-likeness (QED) is 0.713. The maximum absolute atomic E-state index is 4.10. The topological polar surface area (TPSA) is 24.9 Å². The van der Waals surface area contributed by atoms with Crippen LogP contribution in [0.1, 0.15) is 35.2 Å². The summed E-state index contributed by atoms with van der Waals surface area (Å²) in [7, 11) is 0. The molecule has 2 unspecified atom stereocenters. The second-order valence-corrected chi connectivity index (χ2v) is 6.38. The fourth-order valence-corrected chi connectivity index (χ4v) is 3.01. The predicted octanol–water partition coefficient (Wildman–Crippen LogP) is 4.70. The highest BCUT2D eigenvalue weighted by atomic mass is 14.9. The van der Waals surface area contributed by atoms with Crippen LogP contribution in [0.2, 0.25) is 0 Å². The van der Waals surface area contributed by atoms with Crippen molar-refractivity contribution in [2.45, 2.75) is 32.4 Å². The lowest BCUT2D eigenvalue weighted by atomic mass is 9.96. The number of benzene rings is 2. The molecule has 1 heterocycles. The van der Waals surface area contributed by atoms with Gasteiger partial charge in [-0.3, -0.25) is 4.98 Å². The zero-order chi connectivity index (χ0) is 16.8.